The number of hydrogen-bond acceptors (Lipinski definition) is 4. The Hall–Kier alpha value is -1.01. The normalized spacial score (nSPS) is 19.6. The highest BCUT2D eigenvalue weighted by Crippen LogP contribution is 2.16. The largest absolute Gasteiger partial charge is 0.258 e. The second kappa shape index (κ2) is 1.99. The Morgan fingerprint density at radius 1 is 1.55 bits per heavy atom. The first kappa shape index (κ1) is 6.68. The molecule has 11 heavy (non-hydrogen) atoms. The lowest BCUT2D eigenvalue weighted by atomic mass is 10.4. The fraction of sp³-hybridized carbons (Fsp3) is 0.200. The highest BCUT2D eigenvalue weighted by molar-refractivity contribution is 7.89. The number of aromatic nitrogens is 2. The quantitative estimate of drug-likeness (QED) is 0.522. The SMILES string of the molecule is O=S1(=O)NCc2cncnc21. The molecule has 0 atom stereocenters. The standard InChI is InChI=1S/C5H5N3O2S/c9-11(10)5-4(2-8-11)1-6-3-7-5/h1,3,8H,2H2. The summed E-state index contributed by atoms with van der Waals surface area (Å²) in [6, 6.07) is 0. The van der Waals surface area contributed by atoms with Gasteiger partial charge in [-0.25, -0.2) is 23.1 Å². The average molecular weight is 171 g/mol. The van der Waals surface area contributed by atoms with E-state index >= 15 is 0 Å². The zero-order valence-electron chi connectivity index (χ0n) is 5.48. The van der Waals surface area contributed by atoms with E-state index in [0.29, 0.717) is 12.1 Å². The zero-order valence-corrected chi connectivity index (χ0v) is 6.30. The van der Waals surface area contributed by atoms with Gasteiger partial charge in [0.15, 0.2) is 5.03 Å². The van der Waals surface area contributed by atoms with Crippen molar-refractivity contribution in [2.45, 2.75) is 11.6 Å². The molecule has 0 saturated heterocycles. The Balaban J connectivity index is 2.75. The first-order valence-electron chi connectivity index (χ1n) is 2.99. The van der Waals surface area contributed by atoms with Crippen LogP contribution in [0.25, 0.3) is 0 Å². The number of nitrogens with zero attached hydrogens (tertiary/aromatic N) is 2. The van der Waals surface area contributed by atoms with Crippen molar-refractivity contribution in [1.82, 2.24) is 14.7 Å². The molecule has 1 aliphatic rings. The Morgan fingerprint density at radius 3 is 3.09 bits per heavy atom. The predicted octanol–water partition coefficient (Wildman–Crippen LogP) is -0.732. The minimum absolute atomic E-state index is 0.104. The molecule has 0 unspecified atom stereocenters. The van der Waals surface area contributed by atoms with Gasteiger partial charge >= 0.3 is 0 Å². The van der Waals surface area contributed by atoms with Crippen LogP contribution in [-0.2, 0) is 16.6 Å². The minimum atomic E-state index is -3.31. The van der Waals surface area contributed by atoms with Crippen molar-refractivity contribution >= 4 is 10.0 Å². The first-order valence-corrected chi connectivity index (χ1v) is 4.47. The fourth-order valence-electron chi connectivity index (χ4n) is 0.952. The molecule has 1 aromatic heterocycles. The molecule has 1 aliphatic heterocycles. The number of sulfonamides is 1. The van der Waals surface area contributed by atoms with Crippen LogP contribution >= 0.6 is 0 Å². The van der Waals surface area contributed by atoms with Crippen LogP contribution in [0, 0.1) is 0 Å². The average Bonchev–Trinajstić information content (AvgIpc) is 2.29. The number of hydrogen-bond donors (Lipinski definition) is 1. The molecule has 6 heteroatoms. The molecular weight excluding hydrogens is 166 g/mol. The summed E-state index contributed by atoms with van der Waals surface area (Å²) in [5.41, 5.74) is 0.632. The molecular formula is C5H5N3O2S. The van der Waals surface area contributed by atoms with Gasteiger partial charge < -0.3 is 0 Å². The molecule has 0 aromatic carbocycles. The van der Waals surface area contributed by atoms with E-state index in [-0.39, 0.29) is 5.03 Å². The van der Waals surface area contributed by atoms with E-state index in [4.69, 9.17) is 0 Å². The number of fused-ring (bicyclic) bond motifs is 1. The molecule has 1 N–H and O–H groups in total. The number of nitrogens with one attached hydrogen (secondary N) is 1. The molecule has 1 aromatic rings. The van der Waals surface area contributed by atoms with Crippen LogP contribution in [0.15, 0.2) is 17.6 Å². The first-order chi connectivity index (χ1) is 5.20. The second-order valence-corrected chi connectivity index (χ2v) is 3.86. The van der Waals surface area contributed by atoms with Gasteiger partial charge in [-0.15, -0.1) is 0 Å². The van der Waals surface area contributed by atoms with Crippen LogP contribution in [0.3, 0.4) is 0 Å². The smallest absolute Gasteiger partial charge is 0.244 e. The third kappa shape index (κ3) is 0.908. The van der Waals surface area contributed by atoms with Crippen molar-refractivity contribution in [2.75, 3.05) is 0 Å². The molecule has 0 bridgehead atoms. The molecule has 0 fully saturated rings. The Morgan fingerprint density at radius 2 is 2.36 bits per heavy atom. The van der Waals surface area contributed by atoms with Gasteiger partial charge in [-0.05, 0) is 0 Å². The predicted molar refractivity (Wildman–Crippen MR) is 36.1 cm³/mol. The van der Waals surface area contributed by atoms with E-state index in [1.54, 1.807) is 0 Å². The third-order valence-corrected chi connectivity index (χ3v) is 2.85. The number of rotatable bonds is 0. The summed E-state index contributed by atoms with van der Waals surface area (Å²) < 4.78 is 24.4. The van der Waals surface area contributed by atoms with Crippen molar-refractivity contribution in [1.29, 1.82) is 0 Å². The zero-order chi connectivity index (χ0) is 7.90. The van der Waals surface area contributed by atoms with E-state index < -0.39 is 10.0 Å². The van der Waals surface area contributed by atoms with Crippen LogP contribution in [0.2, 0.25) is 0 Å². The van der Waals surface area contributed by atoms with Gasteiger partial charge in [-0.3, -0.25) is 0 Å². The van der Waals surface area contributed by atoms with Gasteiger partial charge in [0.05, 0.1) is 0 Å². The highest BCUT2D eigenvalue weighted by Gasteiger charge is 2.26. The van der Waals surface area contributed by atoms with Crippen LogP contribution in [0.5, 0.6) is 0 Å². The molecule has 0 aliphatic carbocycles. The third-order valence-electron chi connectivity index (χ3n) is 1.45. The van der Waals surface area contributed by atoms with Gasteiger partial charge in [0.2, 0.25) is 0 Å². The van der Waals surface area contributed by atoms with Crippen molar-refractivity contribution in [3.63, 3.8) is 0 Å². The summed E-state index contributed by atoms with van der Waals surface area (Å²) >= 11 is 0. The van der Waals surface area contributed by atoms with E-state index in [2.05, 4.69) is 14.7 Å². The van der Waals surface area contributed by atoms with E-state index in [1.165, 1.54) is 12.5 Å². The van der Waals surface area contributed by atoms with Crippen molar-refractivity contribution in [2.24, 2.45) is 0 Å². The summed E-state index contributed by atoms with van der Waals surface area (Å²) in [4.78, 5) is 7.36. The van der Waals surface area contributed by atoms with Gasteiger partial charge in [0.1, 0.15) is 6.33 Å². The van der Waals surface area contributed by atoms with Crippen LogP contribution in [0.4, 0.5) is 0 Å². The Bertz CT molecular complexity index is 386. The molecule has 58 valence electrons. The van der Waals surface area contributed by atoms with Crippen molar-refractivity contribution in [3.8, 4) is 0 Å². The summed E-state index contributed by atoms with van der Waals surface area (Å²) in [6.45, 7) is 0.304. The van der Waals surface area contributed by atoms with Gasteiger partial charge in [-0.1, -0.05) is 0 Å². The lowest BCUT2D eigenvalue weighted by molar-refractivity contribution is 0.587. The maximum absolute atomic E-state index is 11.1. The summed E-state index contributed by atoms with van der Waals surface area (Å²) in [6.07, 6.45) is 2.73. The highest BCUT2D eigenvalue weighted by atomic mass is 32.2. The topological polar surface area (TPSA) is 72.0 Å². The second-order valence-electron chi connectivity index (χ2n) is 2.18. The molecule has 0 saturated carbocycles. The van der Waals surface area contributed by atoms with Crippen LogP contribution in [-0.4, -0.2) is 18.4 Å². The van der Waals surface area contributed by atoms with Crippen LogP contribution < -0.4 is 4.72 Å². The van der Waals surface area contributed by atoms with E-state index in [9.17, 15) is 8.42 Å². The maximum atomic E-state index is 11.1. The maximum Gasteiger partial charge on any atom is 0.258 e. The summed E-state index contributed by atoms with van der Waals surface area (Å²) in [5.74, 6) is 0. The van der Waals surface area contributed by atoms with Gasteiger partial charge in [-0.2, -0.15) is 0 Å². The van der Waals surface area contributed by atoms with E-state index in [0.717, 1.165) is 0 Å². The van der Waals surface area contributed by atoms with Crippen molar-refractivity contribution in [3.05, 3.63) is 18.1 Å². The van der Waals surface area contributed by atoms with E-state index in [1.807, 2.05) is 0 Å². The van der Waals surface area contributed by atoms with Gasteiger partial charge in [0.25, 0.3) is 10.0 Å². The molecule has 5 nitrogen and oxygen atoms in total. The van der Waals surface area contributed by atoms with Crippen molar-refractivity contribution < 1.29 is 8.42 Å². The van der Waals surface area contributed by atoms with Gasteiger partial charge in [0, 0.05) is 18.3 Å². The minimum Gasteiger partial charge on any atom is -0.244 e. The molecule has 0 amide bonds. The molecule has 2 rings (SSSR count). The summed E-state index contributed by atoms with van der Waals surface area (Å²) in [7, 11) is -3.31. The Labute approximate surface area is 63.5 Å². The monoisotopic (exact) mass is 171 g/mol. The summed E-state index contributed by atoms with van der Waals surface area (Å²) in [5, 5.41) is 0.104. The molecule has 0 spiro atoms. The lowest BCUT2D eigenvalue weighted by Crippen LogP contribution is -2.14. The lowest BCUT2D eigenvalue weighted by Gasteiger charge is -1.91. The van der Waals surface area contributed by atoms with Crippen LogP contribution in [0.1, 0.15) is 5.56 Å². The fourth-order valence-corrected chi connectivity index (χ4v) is 2.09. The molecule has 2 heterocycles. The molecule has 0 radical (unpaired) electrons. The Kier molecular flexibility index (Phi) is 1.21.